The summed E-state index contributed by atoms with van der Waals surface area (Å²) in [6, 6.07) is 0. The average molecular weight is 133 g/mol. The van der Waals surface area contributed by atoms with Crippen LogP contribution >= 0.6 is 0 Å². The fraction of sp³-hybridized carbons (Fsp3) is 1.00. The van der Waals surface area contributed by atoms with Crippen LogP contribution in [0.25, 0.3) is 0 Å². The summed E-state index contributed by atoms with van der Waals surface area (Å²) in [4.78, 5) is 0. The molecule has 0 aromatic rings. The minimum absolute atomic E-state index is 0.0231. The van der Waals surface area contributed by atoms with Crippen LogP contribution in [0.5, 0.6) is 0 Å². The highest BCUT2D eigenvalue weighted by Gasteiger charge is 2.36. The van der Waals surface area contributed by atoms with Gasteiger partial charge in [-0.1, -0.05) is 0 Å². The average Bonchev–Trinajstić information content (AvgIpc) is 2.12. The van der Waals surface area contributed by atoms with Gasteiger partial charge in [0.1, 0.15) is 6.61 Å². The lowest BCUT2D eigenvalue weighted by Gasteiger charge is -2.10. The Bertz CT molecular complexity index is 84.3. The van der Waals surface area contributed by atoms with E-state index < -0.39 is 0 Å². The largest absolute Gasteiger partial charge is 0.439 e. The Kier molecular flexibility index (Phi) is 2.05. The van der Waals surface area contributed by atoms with Gasteiger partial charge in [0.2, 0.25) is 6.10 Å². The van der Waals surface area contributed by atoms with Crippen molar-refractivity contribution in [1.82, 2.24) is 0 Å². The SMILES string of the molecule is COC1C([OH2+])COC1C. The van der Waals surface area contributed by atoms with E-state index in [-0.39, 0.29) is 18.3 Å². The lowest BCUT2D eigenvalue weighted by Crippen LogP contribution is -2.30. The van der Waals surface area contributed by atoms with Crippen LogP contribution in [-0.2, 0) is 9.47 Å². The topological polar surface area (TPSA) is 41.4 Å². The van der Waals surface area contributed by atoms with Crippen molar-refractivity contribution in [3.8, 4) is 0 Å². The first-order chi connectivity index (χ1) is 4.25. The molecule has 1 saturated heterocycles. The van der Waals surface area contributed by atoms with Gasteiger partial charge < -0.3 is 14.6 Å². The first-order valence-corrected chi connectivity index (χ1v) is 3.11. The Hall–Kier alpha value is -0.120. The summed E-state index contributed by atoms with van der Waals surface area (Å²) in [5.41, 5.74) is 0. The third-order valence-corrected chi connectivity index (χ3v) is 1.67. The summed E-state index contributed by atoms with van der Waals surface area (Å²) >= 11 is 0. The van der Waals surface area contributed by atoms with E-state index in [1.165, 1.54) is 0 Å². The third-order valence-electron chi connectivity index (χ3n) is 1.67. The Morgan fingerprint density at radius 3 is 2.56 bits per heavy atom. The fourth-order valence-electron chi connectivity index (χ4n) is 1.13. The Morgan fingerprint density at radius 2 is 2.33 bits per heavy atom. The standard InChI is InChI=1S/C6H12O3/c1-4-6(8-2)5(7)3-9-4/h4-7H,3H2,1-2H3/p+1. The Balaban J connectivity index is 2.44. The number of hydrogen-bond acceptors (Lipinski definition) is 2. The van der Waals surface area contributed by atoms with Gasteiger partial charge in [-0.25, -0.2) is 0 Å². The van der Waals surface area contributed by atoms with Crippen LogP contribution in [0.3, 0.4) is 0 Å². The molecule has 1 heterocycles. The molecular formula is C6H13O3+. The summed E-state index contributed by atoms with van der Waals surface area (Å²) in [6.45, 7) is 2.45. The summed E-state index contributed by atoms with van der Waals surface area (Å²) in [7, 11) is 1.62. The molecule has 3 nitrogen and oxygen atoms in total. The van der Waals surface area contributed by atoms with Gasteiger partial charge in [0, 0.05) is 7.11 Å². The number of rotatable bonds is 1. The Labute approximate surface area is 54.6 Å². The maximum absolute atomic E-state index is 7.37. The second-order valence-corrected chi connectivity index (χ2v) is 2.35. The maximum Gasteiger partial charge on any atom is 0.206 e. The smallest absolute Gasteiger partial charge is 0.206 e. The van der Waals surface area contributed by atoms with Crippen LogP contribution in [0.4, 0.5) is 0 Å². The van der Waals surface area contributed by atoms with E-state index >= 15 is 0 Å². The molecule has 1 rings (SSSR count). The van der Waals surface area contributed by atoms with Gasteiger partial charge in [-0.2, -0.15) is 0 Å². The molecule has 0 aromatic carbocycles. The van der Waals surface area contributed by atoms with Gasteiger partial charge in [0.05, 0.1) is 6.10 Å². The molecular weight excluding hydrogens is 120 g/mol. The zero-order valence-electron chi connectivity index (χ0n) is 5.76. The molecule has 2 N–H and O–H groups in total. The van der Waals surface area contributed by atoms with E-state index in [9.17, 15) is 0 Å². The molecule has 1 aliphatic rings. The summed E-state index contributed by atoms with van der Waals surface area (Å²) < 4.78 is 10.2. The van der Waals surface area contributed by atoms with Crippen LogP contribution in [-0.4, -0.2) is 37.1 Å². The van der Waals surface area contributed by atoms with Crippen molar-refractivity contribution in [2.24, 2.45) is 0 Å². The number of hydrogen-bond donors (Lipinski definition) is 0. The van der Waals surface area contributed by atoms with Crippen LogP contribution in [0.2, 0.25) is 0 Å². The molecule has 54 valence electrons. The highest BCUT2D eigenvalue weighted by Crippen LogP contribution is 2.15. The molecule has 3 unspecified atom stereocenters. The molecule has 0 radical (unpaired) electrons. The first kappa shape index (κ1) is 6.99. The van der Waals surface area contributed by atoms with Crippen molar-refractivity contribution in [3.05, 3.63) is 0 Å². The van der Waals surface area contributed by atoms with Crippen molar-refractivity contribution < 1.29 is 14.6 Å². The van der Waals surface area contributed by atoms with E-state index in [0.717, 1.165) is 0 Å². The van der Waals surface area contributed by atoms with Crippen molar-refractivity contribution >= 4 is 0 Å². The monoisotopic (exact) mass is 133 g/mol. The van der Waals surface area contributed by atoms with E-state index in [4.69, 9.17) is 14.6 Å². The van der Waals surface area contributed by atoms with E-state index in [1.807, 2.05) is 6.92 Å². The molecule has 0 saturated carbocycles. The second-order valence-electron chi connectivity index (χ2n) is 2.35. The highest BCUT2D eigenvalue weighted by molar-refractivity contribution is 4.80. The molecule has 1 aliphatic heterocycles. The molecule has 0 spiro atoms. The third kappa shape index (κ3) is 1.23. The quantitative estimate of drug-likeness (QED) is 0.453. The van der Waals surface area contributed by atoms with Crippen molar-refractivity contribution in [2.75, 3.05) is 13.7 Å². The molecule has 0 aliphatic carbocycles. The predicted molar refractivity (Wildman–Crippen MR) is 33.6 cm³/mol. The molecule has 0 amide bonds. The molecule has 0 bridgehead atoms. The minimum atomic E-state index is -0.190. The Morgan fingerprint density at radius 1 is 1.67 bits per heavy atom. The van der Waals surface area contributed by atoms with E-state index in [2.05, 4.69) is 0 Å². The van der Waals surface area contributed by atoms with Crippen molar-refractivity contribution in [3.63, 3.8) is 0 Å². The fourth-order valence-corrected chi connectivity index (χ4v) is 1.13. The summed E-state index contributed by atoms with van der Waals surface area (Å²) in [5, 5.41) is 7.37. The van der Waals surface area contributed by atoms with Crippen molar-refractivity contribution in [1.29, 1.82) is 0 Å². The minimum Gasteiger partial charge on any atom is -0.439 e. The number of methoxy groups -OCH3 is 1. The predicted octanol–water partition coefficient (Wildman–Crippen LogP) is -0.487. The van der Waals surface area contributed by atoms with Gasteiger partial charge in [0.25, 0.3) is 0 Å². The zero-order valence-corrected chi connectivity index (χ0v) is 5.76. The molecule has 0 aromatic heterocycles. The van der Waals surface area contributed by atoms with Gasteiger partial charge in [-0.3, -0.25) is 0 Å². The van der Waals surface area contributed by atoms with Crippen LogP contribution in [0.15, 0.2) is 0 Å². The molecule has 1 fully saturated rings. The van der Waals surface area contributed by atoms with E-state index in [0.29, 0.717) is 6.61 Å². The van der Waals surface area contributed by atoms with Gasteiger partial charge in [0.15, 0.2) is 6.10 Å². The number of ether oxygens (including phenoxy) is 2. The van der Waals surface area contributed by atoms with E-state index in [1.54, 1.807) is 7.11 Å². The van der Waals surface area contributed by atoms with Crippen LogP contribution < -0.4 is 0 Å². The second kappa shape index (κ2) is 2.64. The van der Waals surface area contributed by atoms with Gasteiger partial charge in [-0.15, -0.1) is 0 Å². The van der Waals surface area contributed by atoms with Gasteiger partial charge >= 0.3 is 0 Å². The van der Waals surface area contributed by atoms with Gasteiger partial charge in [-0.05, 0) is 6.92 Å². The van der Waals surface area contributed by atoms with Crippen molar-refractivity contribution in [2.45, 2.75) is 25.2 Å². The van der Waals surface area contributed by atoms with Crippen LogP contribution in [0, 0.1) is 0 Å². The lowest BCUT2D eigenvalue weighted by molar-refractivity contribution is -0.00360. The molecule has 9 heavy (non-hydrogen) atoms. The summed E-state index contributed by atoms with van der Waals surface area (Å²) in [6.07, 6.45) is -0.118. The maximum atomic E-state index is 7.37. The first-order valence-electron chi connectivity index (χ1n) is 3.11. The summed E-state index contributed by atoms with van der Waals surface area (Å²) in [5.74, 6) is 0. The highest BCUT2D eigenvalue weighted by atomic mass is 16.6. The van der Waals surface area contributed by atoms with Crippen LogP contribution in [0.1, 0.15) is 6.92 Å². The molecule has 3 heteroatoms. The lowest BCUT2D eigenvalue weighted by atomic mass is 10.2. The normalized spacial score (nSPS) is 43.7. The zero-order chi connectivity index (χ0) is 6.85. The molecule has 3 atom stereocenters.